The van der Waals surface area contributed by atoms with E-state index in [1.807, 2.05) is 0 Å². The molecule has 1 aliphatic carbocycles. The second kappa shape index (κ2) is 5.08. The summed E-state index contributed by atoms with van der Waals surface area (Å²) in [5.41, 5.74) is 0.639. The van der Waals surface area contributed by atoms with Gasteiger partial charge >= 0.3 is 5.97 Å². The zero-order valence-electron chi connectivity index (χ0n) is 10.1. The predicted molar refractivity (Wildman–Crippen MR) is 65.9 cm³/mol. The van der Waals surface area contributed by atoms with Gasteiger partial charge in [0, 0.05) is 6.42 Å². The Balaban J connectivity index is 2.10. The molecule has 0 bridgehead atoms. The molecule has 2 rings (SSSR count). The number of aromatic carboxylic acids is 1. The molecule has 0 aromatic heterocycles. The molecule has 2 N–H and O–H groups in total. The molecule has 0 saturated heterocycles. The van der Waals surface area contributed by atoms with E-state index in [4.69, 9.17) is 9.84 Å². The molecule has 0 aliphatic heterocycles. The van der Waals surface area contributed by atoms with E-state index in [-0.39, 0.29) is 11.5 Å². The van der Waals surface area contributed by atoms with Gasteiger partial charge in [0.1, 0.15) is 5.75 Å². The predicted octanol–water partition coefficient (Wildman–Crippen LogP) is 2.13. The van der Waals surface area contributed by atoms with Crippen molar-refractivity contribution >= 4 is 17.6 Å². The largest absolute Gasteiger partial charge is 0.495 e. The van der Waals surface area contributed by atoms with Crippen LogP contribution in [-0.4, -0.2) is 24.1 Å². The smallest absolute Gasteiger partial charge is 0.335 e. The first-order valence-electron chi connectivity index (χ1n) is 5.81. The molecule has 1 saturated carbocycles. The first-order valence-corrected chi connectivity index (χ1v) is 5.81. The summed E-state index contributed by atoms with van der Waals surface area (Å²) >= 11 is 0. The molecule has 1 aromatic carbocycles. The Morgan fingerprint density at radius 3 is 2.72 bits per heavy atom. The fourth-order valence-electron chi connectivity index (χ4n) is 1.71. The number of carboxylic acid groups (broad SMARTS) is 1. The molecular weight excluding hydrogens is 234 g/mol. The second-order valence-electron chi connectivity index (χ2n) is 4.42. The van der Waals surface area contributed by atoms with Crippen LogP contribution in [0.3, 0.4) is 0 Å². The van der Waals surface area contributed by atoms with Crippen LogP contribution >= 0.6 is 0 Å². The van der Waals surface area contributed by atoms with Crippen LogP contribution in [0.5, 0.6) is 5.75 Å². The zero-order chi connectivity index (χ0) is 13.1. The second-order valence-corrected chi connectivity index (χ2v) is 4.42. The summed E-state index contributed by atoms with van der Waals surface area (Å²) in [5, 5.41) is 11.6. The molecule has 96 valence electrons. The molecule has 0 radical (unpaired) electrons. The summed E-state index contributed by atoms with van der Waals surface area (Å²) in [7, 11) is 1.44. The first-order chi connectivity index (χ1) is 8.60. The van der Waals surface area contributed by atoms with E-state index in [1.54, 1.807) is 6.07 Å². The lowest BCUT2D eigenvalue weighted by atomic mass is 10.2. The number of carboxylic acids is 1. The van der Waals surface area contributed by atoms with Gasteiger partial charge in [0.25, 0.3) is 0 Å². The van der Waals surface area contributed by atoms with Crippen LogP contribution in [0.1, 0.15) is 29.6 Å². The van der Waals surface area contributed by atoms with Gasteiger partial charge in [-0.1, -0.05) is 0 Å². The summed E-state index contributed by atoms with van der Waals surface area (Å²) in [6, 6.07) is 4.39. The molecule has 0 unspecified atom stereocenters. The maximum Gasteiger partial charge on any atom is 0.335 e. The van der Waals surface area contributed by atoms with Crippen molar-refractivity contribution in [2.75, 3.05) is 12.4 Å². The minimum Gasteiger partial charge on any atom is -0.495 e. The number of amides is 1. The number of nitrogens with one attached hydrogen (secondary N) is 1. The number of hydrogen-bond acceptors (Lipinski definition) is 3. The topological polar surface area (TPSA) is 75.6 Å². The Kier molecular flexibility index (Phi) is 3.50. The molecule has 0 atom stereocenters. The zero-order valence-corrected chi connectivity index (χ0v) is 10.1. The Hall–Kier alpha value is -2.04. The van der Waals surface area contributed by atoms with Gasteiger partial charge in [-0.05, 0) is 37.0 Å². The van der Waals surface area contributed by atoms with Crippen LogP contribution in [0, 0.1) is 5.92 Å². The van der Waals surface area contributed by atoms with Gasteiger partial charge in [0.05, 0.1) is 18.4 Å². The number of ether oxygens (including phenoxy) is 1. The fourth-order valence-corrected chi connectivity index (χ4v) is 1.71. The summed E-state index contributed by atoms with van der Waals surface area (Å²) in [4.78, 5) is 22.5. The average Bonchev–Trinajstić information content (AvgIpc) is 3.13. The third kappa shape index (κ3) is 3.00. The van der Waals surface area contributed by atoms with Crippen LogP contribution in [0.15, 0.2) is 18.2 Å². The van der Waals surface area contributed by atoms with Crippen molar-refractivity contribution < 1.29 is 19.4 Å². The van der Waals surface area contributed by atoms with Crippen LogP contribution in [-0.2, 0) is 4.79 Å². The Labute approximate surface area is 105 Å². The Morgan fingerprint density at radius 2 is 2.17 bits per heavy atom. The highest BCUT2D eigenvalue weighted by Gasteiger charge is 2.24. The SMILES string of the molecule is COc1cc(C(=O)O)ccc1NC(=O)CC1CC1. The van der Waals surface area contributed by atoms with E-state index in [9.17, 15) is 9.59 Å². The number of benzene rings is 1. The van der Waals surface area contributed by atoms with Crippen LogP contribution in [0.4, 0.5) is 5.69 Å². The minimum absolute atomic E-state index is 0.0566. The van der Waals surface area contributed by atoms with Gasteiger partial charge < -0.3 is 15.2 Å². The lowest BCUT2D eigenvalue weighted by Crippen LogP contribution is -2.13. The molecular formula is C13H15NO4. The van der Waals surface area contributed by atoms with Crippen molar-refractivity contribution in [2.24, 2.45) is 5.92 Å². The molecule has 1 amide bonds. The summed E-state index contributed by atoms with van der Waals surface area (Å²) in [6.07, 6.45) is 2.74. The molecule has 1 fully saturated rings. The Bertz CT molecular complexity index is 480. The lowest BCUT2D eigenvalue weighted by Gasteiger charge is -2.10. The molecule has 0 spiro atoms. The molecule has 18 heavy (non-hydrogen) atoms. The van der Waals surface area contributed by atoms with Gasteiger partial charge in [-0.2, -0.15) is 0 Å². The molecule has 5 heteroatoms. The van der Waals surface area contributed by atoms with Gasteiger partial charge in [-0.25, -0.2) is 4.79 Å². The number of anilines is 1. The van der Waals surface area contributed by atoms with Gasteiger partial charge in [0.15, 0.2) is 0 Å². The maximum atomic E-state index is 11.7. The first kappa shape index (κ1) is 12.4. The van der Waals surface area contributed by atoms with E-state index in [2.05, 4.69) is 5.32 Å². The third-order valence-corrected chi connectivity index (χ3v) is 2.89. The summed E-state index contributed by atoms with van der Waals surface area (Å²) in [6.45, 7) is 0. The highest BCUT2D eigenvalue weighted by molar-refractivity contribution is 5.94. The van der Waals surface area contributed by atoms with E-state index in [0.717, 1.165) is 12.8 Å². The highest BCUT2D eigenvalue weighted by Crippen LogP contribution is 2.33. The van der Waals surface area contributed by atoms with Crippen LogP contribution < -0.4 is 10.1 Å². The van der Waals surface area contributed by atoms with Gasteiger partial charge in [-0.3, -0.25) is 4.79 Å². The van der Waals surface area contributed by atoms with Crippen LogP contribution in [0.2, 0.25) is 0 Å². The van der Waals surface area contributed by atoms with Crippen molar-refractivity contribution in [2.45, 2.75) is 19.3 Å². The average molecular weight is 249 g/mol. The van der Waals surface area contributed by atoms with E-state index >= 15 is 0 Å². The summed E-state index contributed by atoms with van der Waals surface area (Å²) < 4.78 is 5.08. The summed E-state index contributed by atoms with van der Waals surface area (Å²) in [5.74, 6) is -0.212. The maximum absolute atomic E-state index is 11.7. The number of carbonyl (C=O) groups is 2. The van der Waals surface area contributed by atoms with Gasteiger partial charge in [-0.15, -0.1) is 0 Å². The van der Waals surface area contributed by atoms with Crippen molar-refractivity contribution in [3.05, 3.63) is 23.8 Å². The quantitative estimate of drug-likeness (QED) is 0.838. The molecule has 1 aromatic rings. The van der Waals surface area contributed by atoms with Gasteiger partial charge in [0.2, 0.25) is 5.91 Å². The van der Waals surface area contributed by atoms with Crippen molar-refractivity contribution in [3.63, 3.8) is 0 Å². The van der Waals surface area contributed by atoms with E-state index in [0.29, 0.717) is 23.8 Å². The normalized spacial score (nSPS) is 14.1. The third-order valence-electron chi connectivity index (χ3n) is 2.89. The van der Waals surface area contributed by atoms with Crippen molar-refractivity contribution in [1.82, 2.24) is 0 Å². The number of hydrogen-bond donors (Lipinski definition) is 2. The standard InChI is InChI=1S/C13H15NO4/c1-18-11-7-9(13(16)17)4-5-10(11)14-12(15)6-8-2-3-8/h4-5,7-8H,2-3,6H2,1H3,(H,14,15)(H,16,17). The number of rotatable bonds is 5. The molecule has 1 aliphatic rings. The van der Waals surface area contributed by atoms with Crippen LogP contribution in [0.25, 0.3) is 0 Å². The minimum atomic E-state index is -1.02. The van der Waals surface area contributed by atoms with E-state index < -0.39 is 5.97 Å². The highest BCUT2D eigenvalue weighted by atomic mass is 16.5. The number of methoxy groups -OCH3 is 1. The molecule has 0 heterocycles. The van der Waals surface area contributed by atoms with Crippen molar-refractivity contribution in [3.8, 4) is 5.75 Å². The fraction of sp³-hybridized carbons (Fsp3) is 0.385. The van der Waals surface area contributed by atoms with Crippen molar-refractivity contribution in [1.29, 1.82) is 0 Å². The number of carbonyl (C=O) groups excluding carboxylic acids is 1. The molecule has 5 nitrogen and oxygen atoms in total. The lowest BCUT2D eigenvalue weighted by molar-refractivity contribution is -0.116. The monoisotopic (exact) mass is 249 g/mol. The van der Waals surface area contributed by atoms with E-state index in [1.165, 1.54) is 19.2 Å². The Morgan fingerprint density at radius 1 is 1.44 bits per heavy atom.